The second-order valence-corrected chi connectivity index (χ2v) is 6.56. The van der Waals surface area contributed by atoms with Gasteiger partial charge in [-0.25, -0.2) is 0 Å². The van der Waals surface area contributed by atoms with Crippen molar-refractivity contribution in [2.75, 3.05) is 0 Å². The Balaban J connectivity index is 1.92. The standard InChI is InChI=1S/C23H18ClNO2/c24-23(26)21(13-17-7-3-1-4-8-17)20-14-19(15-25)11-12-22(20)27-16-18-9-5-2-6-10-18/h1-12,14,21H,13,16H2. The molecule has 0 saturated carbocycles. The van der Waals surface area contributed by atoms with Crippen molar-refractivity contribution in [2.45, 2.75) is 18.9 Å². The third-order valence-corrected chi connectivity index (χ3v) is 4.57. The highest BCUT2D eigenvalue weighted by atomic mass is 35.5. The van der Waals surface area contributed by atoms with Crippen molar-refractivity contribution in [3.8, 4) is 11.8 Å². The molecule has 0 bridgehead atoms. The molecule has 3 aromatic carbocycles. The summed E-state index contributed by atoms with van der Waals surface area (Å²) in [5.74, 6) is -0.0269. The molecule has 0 aliphatic heterocycles. The number of halogens is 1. The Bertz CT molecular complexity index is 949. The second kappa shape index (κ2) is 9.02. The predicted molar refractivity (Wildman–Crippen MR) is 106 cm³/mol. The molecular weight excluding hydrogens is 358 g/mol. The van der Waals surface area contributed by atoms with E-state index in [4.69, 9.17) is 16.3 Å². The lowest BCUT2D eigenvalue weighted by molar-refractivity contribution is -0.113. The summed E-state index contributed by atoms with van der Waals surface area (Å²) in [7, 11) is 0. The quantitative estimate of drug-likeness (QED) is 0.531. The normalized spacial score (nSPS) is 11.4. The van der Waals surface area contributed by atoms with Crippen molar-refractivity contribution >= 4 is 16.8 Å². The molecule has 4 heteroatoms. The van der Waals surface area contributed by atoms with Crippen LogP contribution in [-0.2, 0) is 17.8 Å². The maximum atomic E-state index is 12.2. The zero-order valence-corrected chi connectivity index (χ0v) is 15.4. The molecule has 1 unspecified atom stereocenters. The van der Waals surface area contributed by atoms with Crippen LogP contribution < -0.4 is 4.74 Å². The average Bonchev–Trinajstić information content (AvgIpc) is 2.72. The summed E-state index contributed by atoms with van der Waals surface area (Å²) < 4.78 is 5.97. The van der Waals surface area contributed by atoms with Gasteiger partial charge in [-0.3, -0.25) is 4.79 Å². The Morgan fingerprint density at radius 2 is 1.59 bits per heavy atom. The molecule has 0 aliphatic carbocycles. The van der Waals surface area contributed by atoms with Gasteiger partial charge in [0, 0.05) is 5.56 Å². The van der Waals surface area contributed by atoms with E-state index in [-0.39, 0.29) is 0 Å². The van der Waals surface area contributed by atoms with E-state index in [1.54, 1.807) is 18.2 Å². The molecule has 134 valence electrons. The summed E-state index contributed by atoms with van der Waals surface area (Å²) in [6.07, 6.45) is 0.444. The fraction of sp³-hybridized carbons (Fsp3) is 0.130. The van der Waals surface area contributed by atoms with Gasteiger partial charge in [-0.2, -0.15) is 5.26 Å². The number of nitriles is 1. The first kappa shape index (κ1) is 18.7. The Morgan fingerprint density at radius 1 is 0.963 bits per heavy atom. The van der Waals surface area contributed by atoms with Crippen LogP contribution in [0.1, 0.15) is 28.2 Å². The number of carbonyl (C=O) groups excluding carboxylic acids is 1. The maximum absolute atomic E-state index is 12.2. The monoisotopic (exact) mass is 375 g/mol. The zero-order chi connectivity index (χ0) is 19.1. The van der Waals surface area contributed by atoms with Crippen LogP contribution in [0.5, 0.6) is 5.75 Å². The van der Waals surface area contributed by atoms with E-state index in [0.717, 1.165) is 11.1 Å². The van der Waals surface area contributed by atoms with E-state index < -0.39 is 11.2 Å². The van der Waals surface area contributed by atoms with Crippen LogP contribution >= 0.6 is 11.6 Å². The summed E-state index contributed by atoms with van der Waals surface area (Å²) in [5.41, 5.74) is 3.11. The van der Waals surface area contributed by atoms with E-state index >= 15 is 0 Å². The molecule has 3 rings (SSSR count). The Hall–Kier alpha value is -3.09. The van der Waals surface area contributed by atoms with Crippen LogP contribution in [0.2, 0.25) is 0 Å². The van der Waals surface area contributed by atoms with Crippen LogP contribution in [0.3, 0.4) is 0 Å². The minimum atomic E-state index is -0.590. The van der Waals surface area contributed by atoms with Crippen molar-refractivity contribution in [1.82, 2.24) is 0 Å². The van der Waals surface area contributed by atoms with E-state index in [9.17, 15) is 10.1 Å². The number of ether oxygens (including phenoxy) is 1. The highest BCUT2D eigenvalue weighted by Crippen LogP contribution is 2.33. The molecular formula is C23H18ClNO2. The second-order valence-electron chi connectivity index (χ2n) is 6.19. The van der Waals surface area contributed by atoms with E-state index in [1.165, 1.54) is 0 Å². The first-order valence-electron chi connectivity index (χ1n) is 8.61. The smallest absolute Gasteiger partial charge is 0.229 e. The van der Waals surface area contributed by atoms with Crippen molar-refractivity contribution in [3.63, 3.8) is 0 Å². The molecule has 1 atom stereocenters. The molecule has 0 amide bonds. The first-order chi connectivity index (χ1) is 13.2. The lowest BCUT2D eigenvalue weighted by Crippen LogP contribution is -2.12. The van der Waals surface area contributed by atoms with Gasteiger partial charge in [-0.15, -0.1) is 0 Å². The minimum absolute atomic E-state index is 0.369. The topological polar surface area (TPSA) is 50.1 Å². The van der Waals surface area contributed by atoms with Crippen molar-refractivity contribution in [3.05, 3.63) is 101 Å². The van der Waals surface area contributed by atoms with Gasteiger partial charge in [-0.1, -0.05) is 60.7 Å². The van der Waals surface area contributed by atoms with Gasteiger partial charge in [0.1, 0.15) is 12.4 Å². The third kappa shape index (κ3) is 4.97. The molecule has 27 heavy (non-hydrogen) atoms. The minimum Gasteiger partial charge on any atom is -0.489 e. The summed E-state index contributed by atoms with van der Waals surface area (Å²) in [4.78, 5) is 12.2. The number of hydrogen-bond donors (Lipinski definition) is 0. The van der Waals surface area contributed by atoms with Crippen LogP contribution in [-0.4, -0.2) is 5.24 Å². The molecule has 0 aromatic heterocycles. The van der Waals surface area contributed by atoms with Crippen molar-refractivity contribution < 1.29 is 9.53 Å². The molecule has 0 aliphatic rings. The predicted octanol–water partition coefficient (Wildman–Crippen LogP) is 5.23. The highest BCUT2D eigenvalue weighted by molar-refractivity contribution is 6.64. The molecule has 0 fully saturated rings. The fourth-order valence-corrected chi connectivity index (χ4v) is 3.11. The summed E-state index contributed by atoms with van der Waals surface area (Å²) in [6, 6.07) is 26.7. The van der Waals surface area contributed by atoms with Crippen LogP contribution in [0.25, 0.3) is 0 Å². The molecule has 0 radical (unpaired) electrons. The number of carbonyl (C=O) groups is 1. The summed E-state index contributed by atoms with van der Waals surface area (Å²) in [5, 5.41) is 8.79. The highest BCUT2D eigenvalue weighted by Gasteiger charge is 2.24. The SMILES string of the molecule is N#Cc1ccc(OCc2ccccc2)c(C(Cc2ccccc2)C(=O)Cl)c1. The third-order valence-electron chi connectivity index (χ3n) is 4.31. The van der Waals surface area contributed by atoms with Gasteiger partial charge < -0.3 is 4.74 Å². The number of rotatable bonds is 7. The fourth-order valence-electron chi connectivity index (χ4n) is 2.92. The molecule has 3 nitrogen and oxygen atoms in total. The maximum Gasteiger partial charge on any atom is 0.229 e. The lowest BCUT2D eigenvalue weighted by Gasteiger charge is -2.18. The zero-order valence-electron chi connectivity index (χ0n) is 14.6. The van der Waals surface area contributed by atoms with E-state index in [1.807, 2.05) is 60.7 Å². The molecule has 3 aromatic rings. The molecule has 0 saturated heterocycles. The number of benzene rings is 3. The summed E-state index contributed by atoms with van der Waals surface area (Å²) in [6.45, 7) is 0.369. The number of nitrogens with zero attached hydrogens (tertiary/aromatic N) is 1. The van der Waals surface area contributed by atoms with Crippen LogP contribution in [0, 0.1) is 11.3 Å². The Kier molecular flexibility index (Phi) is 6.25. The van der Waals surface area contributed by atoms with Gasteiger partial charge in [0.15, 0.2) is 0 Å². The van der Waals surface area contributed by atoms with Crippen LogP contribution in [0.4, 0.5) is 0 Å². The van der Waals surface area contributed by atoms with Gasteiger partial charge in [-0.05, 0) is 47.3 Å². The van der Waals surface area contributed by atoms with Gasteiger partial charge in [0.2, 0.25) is 5.24 Å². The molecule has 0 spiro atoms. The van der Waals surface area contributed by atoms with Gasteiger partial charge >= 0.3 is 0 Å². The Morgan fingerprint density at radius 3 is 2.19 bits per heavy atom. The first-order valence-corrected chi connectivity index (χ1v) is 8.99. The lowest BCUT2D eigenvalue weighted by atomic mass is 9.91. The van der Waals surface area contributed by atoms with Gasteiger partial charge in [0.05, 0.1) is 17.6 Å². The Labute approximate surface area is 163 Å². The molecule has 0 heterocycles. The largest absolute Gasteiger partial charge is 0.489 e. The number of hydrogen-bond acceptors (Lipinski definition) is 3. The van der Waals surface area contributed by atoms with Crippen molar-refractivity contribution in [1.29, 1.82) is 5.26 Å². The van der Waals surface area contributed by atoms with Crippen LogP contribution in [0.15, 0.2) is 78.9 Å². The van der Waals surface area contributed by atoms with Crippen molar-refractivity contribution in [2.24, 2.45) is 0 Å². The molecule has 0 N–H and O–H groups in total. The van der Waals surface area contributed by atoms with E-state index in [2.05, 4.69) is 6.07 Å². The summed E-state index contributed by atoms with van der Waals surface area (Å²) >= 11 is 5.94. The van der Waals surface area contributed by atoms with E-state index in [0.29, 0.717) is 29.9 Å². The average molecular weight is 376 g/mol. The van der Waals surface area contributed by atoms with Gasteiger partial charge in [0.25, 0.3) is 0 Å².